The SMILES string of the molecule is C=CC(=O)N1CCOc2c1ccc1ncnc(Nc3ccc(OCc4cccc(F)c4)c(F)c3)c21. The van der Waals surface area contributed by atoms with Crippen LogP contribution in [0.15, 0.2) is 73.6 Å². The molecule has 35 heavy (non-hydrogen) atoms. The number of anilines is 3. The molecule has 0 saturated carbocycles. The van der Waals surface area contributed by atoms with Crippen LogP contribution in [-0.4, -0.2) is 29.0 Å². The number of fused-ring (bicyclic) bond motifs is 3. The number of rotatable bonds is 6. The van der Waals surface area contributed by atoms with E-state index in [9.17, 15) is 13.6 Å². The van der Waals surface area contributed by atoms with E-state index in [1.54, 1.807) is 35.2 Å². The van der Waals surface area contributed by atoms with Crippen molar-refractivity contribution in [2.75, 3.05) is 23.4 Å². The summed E-state index contributed by atoms with van der Waals surface area (Å²) in [6.45, 7) is 4.28. The van der Waals surface area contributed by atoms with E-state index >= 15 is 0 Å². The van der Waals surface area contributed by atoms with Crippen LogP contribution in [-0.2, 0) is 11.4 Å². The molecule has 0 unspecified atom stereocenters. The minimum atomic E-state index is -0.592. The average molecular weight is 474 g/mol. The number of carbonyl (C=O) groups excluding carboxylic acids is 1. The zero-order chi connectivity index (χ0) is 24.4. The van der Waals surface area contributed by atoms with Gasteiger partial charge in [-0.15, -0.1) is 0 Å². The standard InChI is InChI=1S/C26H20F2N4O3/c1-2-23(33)32-10-11-34-25-21(32)8-7-20-24(25)26(30-15-29-20)31-18-6-9-22(19(28)13-18)35-14-16-4-3-5-17(27)12-16/h2-9,12-13,15H,1,10-11,14H2,(H,29,30,31). The lowest BCUT2D eigenvalue weighted by Crippen LogP contribution is -2.36. The Bertz CT molecular complexity index is 1440. The van der Waals surface area contributed by atoms with Crippen molar-refractivity contribution in [2.45, 2.75) is 6.61 Å². The van der Waals surface area contributed by atoms with Gasteiger partial charge in [0.15, 0.2) is 17.3 Å². The number of hydrogen-bond donors (Lipinski definition) is 1. The van der Waals surface area contributed by atoms with Crippen molar-refractivity contribution < 1.29 is 23.0 Å². The Balaban J connectivity index is 1.43. The number of benzene rings is 3. The number of aromatic nitrogens is 2. The summed E-state index contributed by atoms with van der Waals surface area (Å²) < 4.78 is 39.5. The minimum absolute atomic E-state index is 0.0292. The van der Waals surface area contributed by atoms with Gasteiger partial charge in [-0.2, -0.15) is 0 Å². The van der Waals surface area contributed by atoms with Gasteiger partial charge < -0.3 is 19.7 Å². The van der Waals surface area contributed by atoms with Crippen LogP contribution in [0.2, 0.25) is 0 Å². The summed E-state index contributed by atoms with van der Waals surface area (Å²) in [5.74, 6) is -0.324. The molecule has 0 bridgehead atoms. The smallest absolute Gasteiger partial charge is 0.250 e. The van der Waals surface area contributed by atoms with E-state index in [1.165, 1.54) is 36.7 Å². The van der Waals surface area contributed by atoms with Gasteiger partial charge in [0, 0.05) is 11.8 Å². The zero-order valence-corrected chi connectivity index (χ0v) is 18.5. The molecule has 9 heteroatoms. The zero-order valence-electron chi connectivity index (χ0n) is 18.5. The Morgan fingerprint density at radius 2 is 2.06 bits per heavy atom. The van der Waals surface area contributed by atoms with Crippen molar-refractivity contribution in [1.29, 1.82) is 0 Å². The normalized spacial score (nSPS) is 12.6. The highest BCUT2D eigenvalue weighted by Gasteiger charge is 2.26. The predicted octanol–water partition coefficient (Wildman–Crippen LogP) is 5.14. The molecule has 0 spiro atoms. The number of carbonyl (C=O) groups is 1. The van der Waals surface area contributed by atoms with Gasteiger partial charge in [0.1, 0.15) is 31.2 Å². The largest absolute Gasteiger partial charge is 0.489 e. The number of ether oxygens (including phenoxy) is 2. The monoisotopic (exact) mass is 474 g/mol. The van der Waals surface area contributed by atoms with Gasteiger partial charge in [0.25, 0.3) is 5.91 Å². The van der Waals surface area contributed by atoms with Gasteiger partial charge >= 0.3 is 0 Å². The summed E-state index contributed by atoms with van der Waals surface area (Å²) in [7, 11) is 0. The summed E-state index contributed by atoms with van der Waals surface area (Å²) in [5, 5.41) is 3.67. The third-order valence-corrected chi connectivity index (χ3v) is 5.51. The second-order valence-electron chi connectivity index (χ2n) is 7.76. The molecule has 0 aliphatic carbocycles. The van der Waals surface area contributed by atoms with Gasteiger partial charge in [0.2, 0.25) is 0 Å². The van der Waals surface area contributed by atoms with E-state index in [-0.39, 0.29) is 24.1 Å². The van der Waals surface area contributed by atoms with Crippen LogP contribution in [0.3, 0.4) is 0 Å². The highest BCUT2D eigenvalue weighted by molar-refractivity contribution is 6.07. The summed E-state index contributed by atoms with van der Waals surface area (Å²) in [6.07, 6.45) is 2.64. The fourth-order valence-electron chi connectivity index (χ4n) is 3.88. The molecule has 1 aliphatic heterocycles. The quantitative estimate of drug-likeness (QED) is 0.390. The van der Waals surface area contributed by atoms with Crippen LogP contribution in [0, 0.1) is 11.6 Å². The second-order valence-corrected chi connectivity index (χ2v) is 7.76. The van der Waals surface area contributed by atoms with Crippen molar-refractivity contribution in [3.05, 3.63) is 90.8 Å². The van der Waals surface area contributed by atoms with Crippen molar-refractivity contribution in [2.24, 2.45) is 0 Å². The Hall–Kier alpha value is -4.53. The summed E-state index contributed by atoms with van der Waals surface area (Å²) in [5.41, 5.74) is 2.20. The summed E-state index contributed by atoms with van der Waals surface area (Å²) in [4.78, 5) is 22.5. The first-order valence-electron chi connectivity index (χ1n) is 10.8. The third kappa shape index (κ3) is 4.48. The predicted molar refractivity (Wildman–Crippen MR) is 128 cm³/mol. The van der Waals surface area contributed by atoms with Crippen LogP contribution >= 0.6 is 0 Å². The first-order chi connectivity index (χ1) is 17.0. The third-order valence-electron chi connectivity index (χ3n) is 5.51. The topological polar surface area (TPSA) is 76.6 Å². The maximum Gasteiger partial charge on any atom is 0.250 e. The van der Waals surface area contributed by atoms with E-state index in [1.807, 2.05) is 0 Å². The van der Waals surface area contributed by atoms with E-state index in [4.69, 9.17) is 9.47 Å². The van der Waals surface area contributed by atoms with Gasteiger partial charge in [-0.25, -0.2) is 18.7 Å². The number of amides is 1. The highest BCUT2D eigenvalue weighted by atomic mass is 19.1. The van der Waals surface area contributed by atoms with Crippen molar-refractivity contribution in [3.63, 3.8) is 0 Å². The summed E-state index contributed by atoms with van der Waals surface area (Å²) in [6, 6.07) is 13.9. The van der Waals surface area contributed by atoms with Gasteiger partial charge in [0.05, 0.1) is 23.1 Å². The van der Waals surface area contributed by atoms with E-state index in [2.05, 4.69) is 21.9 Å². The summed E-state index contributed by atoms with van der Waals surface area (Å²) >= 11 is 0. The Labute approximate surface area is 199 Å². The molecule has 1 aromatic heterocycles. The van der Waals surface area contributed by atoms with Crippen LogP contribution in [0.25, 0.3) is 10.9 Å². The minimum Gasteiger partial charge on any atom is -0.489 e. The fraction of sp³-hybridized carbons (Fsp3) is 0.115. The highest BCUT2D eigenvalue weighted by Crippen LogP contribution is 2.41. The van der Waals surface area contributed by atoms with E-state index in [0.29, 0.717) is 52.6 Å². The molecule has 4 aromatic rings. The Kier molecular flexibility index (Phi) is 5.97. The van der Waals surface area contributed by atoms with E-state index < -0.39 is 5.82 Å². The lowest BCUT2D eigenvalue weighted by Gasteiger charge is -2.29. The second kappa shape index (κ2) is 9.38. The maximum atomic E-state index is 14.8. The molecule has 1 aliphatic rings. The van der Waals surface area contributed by atoms with Crippen LogP contribution < -0.4 is 19.7 Å². The fourth-order valence-corrected chi connectivity index (χ4v) is 3.88. The number of hydrogen-bond acceptors (Lipinski definition) is 6. The molecule has 5 rings (SSSR count). The molecule has 3 aromatic carbocycles. The molecule has 0 atom stereocenters. The van der Waals surface area contributed by atoms with Gasteiger partial charge in [-0.05, 0) is 48.0 Å². The van der Waals surface area contributed by atoms with Crippen molar-refractivity contribution in [3.8, 4) is 11.5 Å². The lowest BCUT2D eigenvalue weighted by molar-refractivity contribution is -0.114. The molecule has 1 amide bonds. The molecule has 0 saturated heterocycles. The van der Waals surface area contributed by atoms with Crippen molar-refractivity contribution in [1.82, 2.24) is 9.97 Å². The molecule has 176 valence electrons. The Morgan fingerprint density at radius 3 is 2.86 bits per heavy atom. The van der Waals surface area contributed by atoms with E-state index in [0.717, 1.165) is 0 Å². The maximum absolute atomic E-state index is 14.8. The number of nitrogens with one attached hydrogen (secondary N) is 1. The molecular formula is C26H20F2N4O3. The Morgan fingerprint density at radius 1 is 1.17 bits per heavy atom. The number of halogens is 2. The van der Waals surface area contributed by atoms with Gasteiger partial charge in [-0.3, -0.25) is 4.79 Å². The molecule has 2 heterocycles. The first kappa shape index (κ1) is 22.3. The van der Waals surface area contributed by atoms with Gasteiger partial charge in [-0.1, -0.05) is 18.7 Å². The van der Waals surface area contributed by atoms with Crippen LogP contribution in [0.5, 0.6) is 11.5 Å². The lowest BCUT2D eigenvalue weighted by atomic mass is 10.1. The molecule has 0 fully saturated rings. The first-order valence-corrected chi connectivity index (χ1v) is 10.8. The molecule has 0 radical (unpaired) electrons. The van der Waals surface area contributed by atoms with Crippen molar-refractivity contribution >= 4 is 34.0 Å². The van der Waals surface area contributed by atoms with Crippen LogP contribution in [0.1, 0.15) is 5.56 Å². The number of nitrogens with zero attached hydrogens (tertiary/aromatic N) is 3. The van der Waals surface area contributed by atoms with Crippen LogP contribution in [0.4, 0.5) is 26.0 Å². The molecule has 7 nitrogen and oxygen atoms in total. The molecular weight excluding hydrogens is 454 g/mol. The molecule has 1 N–H and O–H groups in total. The average Bonchev–Trinajstić information content (AvgIpc) is 2.87.